The number of aromatic nitrogens is 2. The first-order valence-corrected chi connectivity index (χ1v) is 8.28. The summed E-state index contributed by atoms with van der Waals surface area (Å²) in [7, 11) is 0. The molecule has 0 radical (unpaired) electrons. The number of carbonyl (C=O) groups excluding carboxylic acids is 1. The van der Waals surface area contributed by atoms with Crippen LogP contribution in [-0.2, 0) is 11.3 Å². The van der Waals surface area contributed by atoms with Gasteiger partial charge in [0.25, 0.3) is 0 Å². The number of hydrogen-bond donors (Lipinski definition) is 1. The van der Waals surface area contributed by atoms with Gasteiger partial charge < -0.3 is 24.7 Å². The van der Waals surface area contributed by atoms with Crippen molar-refractivity contribution in [3.63, 3.8) is 0 Å². The molecule has 0 bridgehead atoms. The third kappa shape index (κ3) is 4.67. The van der Waals surface area contributed by atoms with Crippen molar-refractivity contribution in [2.75, 3.05) is 5.32 Å². The van der Waals surface area contributed by atoms with Crippen LogP contribution >= 0.6 is 15.9 Å². The molecule has 1 amide bonds. The molecule has 0 saturated carbocycles. The molecule has 1 N–H and O–H groups in total. The summed E-state index contributed by atoms with van der Waals surface area (Å²) < 4.78 is 8.01. The van der Waals surface area contributed by atoms with E-state index in [4.69, 9.17) is 4.74 Å². The number of anilines is 1. The van der Waals surface area contributed by atoms with Crippen molar-refractivity contribution in [3.05, 3.63) is 75.6 Å². The van der Waals surface area contributed by atoms with Gasteiger partial charge in [-0.2, -0.15) is 0 Å². The van der Waals surface area contributed by atoms with Crippen LogP contribution in [0.15, 0.2) is 65.5 Å². The van der Waals surface area contributed by atoms with E-state index in [0.717, 1.165) is 4.47 Å². The van der Waals surface area contributed by atoms with E-state index in [2.05, 4.69) is 26.2 Å². The minimum absolute atomic E-state index is 0.0714. The van der Waals surface area contributed by atoms with E-state index in [1.165, 1.54) is 17.1 Å². The summed E-state index contributed by atoms with van der Waals surface area (Å²) in [4.78, 5) is 25.6. The van der Waals surface area contributed by atoms with Crippen LogP contribution < -0.4 is 10.1 Å². The number of carbonyl (C=O) groups is 1. The Labute approximate surface area is 156 Å². The maximum Gasteiger partial charge on any atom is 0.381 e. The molecule has 26 heavy (non-hydrogen) atoms. The van der Waals surface area contributed by atoms with Gasteiger partial charge in [0.1, 0.15) is 24.2 Å². The Hall–Kier alpha value is -3.20. The number of nitro groups is 1. The second-order valence-corrected chi connectivity index (χ2v) is 6.21. The first-order valence-electron chi connectivity index (χ1n) is 7.49. The Morgan fingerprint density at radius 3 is 2.35 bits per heavy atom. The van der Waals surface area contributed by atoms with Gasteiger partial charge in [0.15, 0.2) is 0 Å². The van der Waals surface area contributed by atoms with Crippen LogP contribution in [0.2, 0.25) is 0 Å². The van der Waals surface area contributed by atoms with E-state index in [-0.39, 0.29) is 18.3 Å². The highest BCUT2D eigenvalue weighted by Crippen LogP contribution is 2.24. The predicted octanol–water partition coefficient (Wildman–Crippen LogP) is 3.98. The topological polar surface area (TPSA) is 99.3 Å². The lowest BCUT2D eigenvalue weighted by atomic mass is 10.3. The van der Waals surface area contributed by atoms with Crippen LogP contribution in [0.4, 0.5) is 11.5 Å². The average Bonchev–Trinajstić information content (AvgIpc) is 3.07. The van der Waals surface area contributed by atoms with Gasteiger partial charge >= 0.3 is 5.82 Å². The zero-order chi connectivity index (χ0) is 18.5. The van der Waals surface area contributed by atoms with E-state index in [9.17, 15) is 14.9 Å². The first kappa shape index (κ1) is 17.6. The van der Waals surface area contributed by atoms with Crippen molar-refractivity contribution < 1.29 is 14.5 Å². The van der Waals surface area contributed by atoms with E-state index in [1.54, 1.807) is 24.3 Å². The molecular formula is C17H13BrN4O4. The fourth-order valence-corrected chi connectivity index (χ4v) is 2.40. The number of ether oxygens (including phenoxy) is 1. The SMILES string of the molecule is O=C(Cn1cnc([N+](=O)[O-])c1)Nc1ccc(Oc2ccc(Br)cc2)cc1. The van der Waals surface area contributed by atoms with Gasteiger partial charge in [-0.15, -0.1) is 0 Å². The van der Waals surface area contributed by atoms with Crippen LogP contribution in [0.1, 0.15) is 0 Å². The monoisotopic (exact) mass is 416 g/mol. The second kappa shape index (κ2) is 7.79. The third-order valence-corrected chi connectivity index (χ3v) is 3.85. The molecule has 0 spiro atoms. The van der Waals surface area contributed by atoms with Crippen molar-refractivity contribution in [1.82, 2.24) is 9.55 Å². The van der Waals surface area contributed by atoms with Crippen molar-refractivity contribution in [2.45, 2.75) is 6.54 Å². The largest absolute Gasteiger partial charge is 0.457 e. The molecule has 1 heterocycles. The molecule has 3 rings (SSSR count). The summed E-state index contributed by atoms with van der Waals surface area (Å²) in [5.41, 5.74) is 0.591. The van der Waals surface area contributed by atoms with Gasteiger partial charge in [-0.25, -0.2) is 0 Å². The molecule has 1 aromatic heterocycles. The van der Waals surface area contributed by atoms with E-state index in [1.807, 2.05) is 24.3 Å². The molecular weight excluding hydrogens is 404 g/mol. The fraction of sp³-hybridized carbons (Fsp3) is 0.0588. The summed E-state index contributed by atoms with van der Waals surface area (Å²) in [6, 6.07) is 14.3. The Balaban J connectivity index is 1.57. The lowest BCUT2D eigenvalue weighted by Crippen LogP contribution is -2.17. The van der Waals surface area contributed by atoms with E-state index in [0.29, 0.717) is 17.2 Å². The first-order chi connectivity index (χ1) is 12.5. The van der Waals surface area contributed by atoms with Crippen molar-refractivity contribution in [2.24, 2.45) is 0 Å². The smallest absolute Gasteiger partial charge is 0.381 e. The number of nitrogens with zero attached hydrogens (tertiary/aromatic N) is 3. The van der Waals surface area contributed by atoms with Gasteiger partial charge in [-0.3, -0.25) is 4.79 Å². The van der Waals surface area contributed by atoms with Crippen molar-refractivity contribution in [3.8, 4) is 11.5 Å². The number of nitrogens with one attached hydrogen (secondary N) is 1. The maximum absolute atomic E-state index is 12.0. The Morgan fingerprint density at radius 1 is 1.15 bits per heavy atom. The number of halogens is 1. The van der Waals surface area contributed by atoms with Crippen LogP contribution in [0.25, 0.3) is 0 Å². The molecule has 2 aromatic carbocycles. The summed E-state index contributed by atoms with van der Waals surface area (Å²) in [6.07, 6.45) is 2.45. The molecule has 0 saturated heterocycles. The van der Waals surface area contributed by atoms with Crippen LogP contribution in [0.5, 0.6) is 11.5 Å². The second-order valence-electron chi connectivity index (χ2n) is 5.29. The van der Waals surface area contributed by atoms with Gasteiger partial charge in [0, 0.05) is 10.2 Å². The van der Waals surface area contributed by atoms with Crippen LogP contribution in [0, 0.1) is 10.1 Å². The third-order valence-electron chi connectivity index (χ3n) is 3.32. The van der Waals surface area contributed by atoms with Gasteiger partial charge in [0.2, 0.25) is 12.2 Å². The lowest BCUT2D eigenvalue weighted by molar-refractivity contribution is -0.389. The average molecular weight is 417 g/mol. The van der Waals surface area contributed by atoms with Crippen LogP contribution in [-0.4, -0.2) is 20.4 Å². The summed E-state index contributed by atoms with van der Waals surface area (Å²) in [5.74, 6) is 0.716. The minimum atomic E-state index is -0.613. The standard InChI is InChI=1S/C17H13BrN4O4/c18-12-1-5-14(6-2-12)26-15-7-3-13(4-8-15)20-17(23)10-21-9-16(19-11-21)22(24)25/h1-9,11H,10H2,(H,20,23). The molecule has 0 aliphatic carbocycles. The minimum Gasteiger partial charge on any atom is -0.457 e. The highest BCUT2D eigenvalue weighted by Gasteiger charge is 2.12. The zero-order valence-electron chi connectivity index (χ0n) is 13.3. The molecule has 0 aliphatic heterocycles. The summed E-state index contributed by atoms with van der Waals surface area (Å²) in [6.45, 7) is -0.0714. The summed E-state index contributed by atoms with van der Waals surface area (Å²) >= 11 is 3.36. The maximum atomic E-state index is 12.0. The number of hydrogen-bond acceptors (Lipinski definition) is 5. The highest BCUT2D eigenvalue weighted by molar-refractivity contribution is 9.10. The molecule has 8 nitrogen and oxygen atoms in total. The molecule has 9 heteroatoms. The van der Waals surface area contributed by atoms with Gasteiger partial charge in [-0.1, -0.05) is 15.9 Å². The molecule has 3 aromatic rings. The quantitative estimate of drug-likeness (QED) is 0.483. The molecule has 0 fully saturated rings. The number of rotatable bonds is 6. The van der Waals surface area contributed by atoms with E-state index >= 15 is 0 Å². The number of benzene rings is 2. The van der Waals surface area contributed by atoms with Crippen LogP contribution in [0.3, 0.4) is 0 Å². The number of amides is 1. The van der Waals surface area contributed by atoms with Crippen molar-refractivity contribution >= 4 is 33.3 Å². The lowest BCUT2D eigenvalue weighted by Gasteiger charge is -2.08. The summed E-state index contributed by atoms with van der Waals surface area (Å²) in [5, 5.41) is 13.3. The normalized spacial score (nSPS) is 10.3. The predicted molar refractivity (Wildman–Crippen MR) is 98.2 cm³/mol. The number of imidazole rings is 1. The van der Waals surface area contributed by atoms with E-state index < -0.39 is 4.92 Å². The Bertz CT molecular complexity index is 923. The van der Waals surface area contributed by atoms with Crippen molar-refractivity contribution in [1.29, 1.82) is 0 Å². The molecule has 0 unspecified atom stereocenters. The van der Waals surface area contributed by atoms with Gasteiger partial charge in [-0.05, 0) is 58.4 Å². The Kier molecular flexibility index (Phi) is 5.28. The fourth-order valence-electron chi connectivity index (χ4n) is 2.14. The Morgan fingerprint density at radius 2 is 1.77 bits per heavy atom. The van der Waals surface area contributed by atoms with Gasteiger partial charge in [0.05, 0.1) is 0 Å². The highest BCUT2D eigenvalue weighted by atomic mass is 79.9. The zero-order valence-corrected chi connectivity index (χ0v) is 14.9. The molecule has 0 aliphatic rings. The molecule has 132 valence electrons. The molecule has 0 atom stereocenters.